The molecule has 1 fully saturated rings. The summed E-state index contributed by atoms with van der Waals surface area (Å²) >= 11 is 0. The summed E-state index contributed by atoms with van der Waals surface area (Å²) in [5.74, 6) is 2.91. The Bertz CT molecular complexity index is 454. The second kappa shape index (κ2) is 5.41. The molecule has 104 valence electrons. The van der Waals surface area contributed by atoms with Crippen molar-refractivity contribution in [1.29, 1.82) is 0 Å². The molecule has 0 saturated heterocycles. The van der Waals surface area contributed by atoms with Crippen LogP contribution < -0.4 is 14.8 Å². The molecule has 19 heavy (non-hydrogen) atoms. The maximum atomic E-state index is 5.82. The Labute approximate surface area is 115 Å². The molecule has 1 saturated carbocycles. The number of fused-ring (bicyclic) bond motifs is 1. The second-order valence-electron chi connectivity index (χ2n) is 5.83. The van der Waals surface area contributed by atoms with Gasteiger partial charge in [0, 0.05) is 24.1 Å². The van der Waals surface area contributed by atoms with Crippen LogP contribution in [-0.4, -0.2) is 19.8 Å². The van der Waals surface area contributed by atoms with Crippen molar-refractivity contribution in [1.82, 2.24) is 5.32 Å². The van der Waals surface area contributed by atoms with E-state index in [-0.39, 0.29) is 6.10 Å². The molecule has 1 aromatic carbocycles. The van der Waals surface area contributed by atoms with E-state index in [1.165, 1.54) is 30.4 Å². The summed E-state index contributed by atoms with van der Waals surface area (Å²) in [6, 6.07) is 4.28. The molecule has 3 heteroatoms. The Morgan fingerprint density at radius 2 is 2.21 bits per heavy atom. The smallest absolute Gasteiger partial charge is 0.123 e. The second-order valence-corrected chi connectivity index (χ2v) is 5.83. The fourth-order valence-corrected chi connectivity index (χ4v) is 2.92. The summed E-state index contributed by atoms with van der Waals surface area (Å²) in [4.78, 5) is 0. The zero-order valence-corrected chi connectivity index (χ0v) is 11.9. The lowest BCUT2D eigenvalue weighted by atomic mass is 9.85. The topological polar surface area (TPSA) is 30.5 Å². The molecule has 1 aliphatic carbocycles. The van der Waals surface area contributed by atoms with Gasteiger partial charge in [-0.3, -0.25) is 0 Å². The fraction of sp³-hybridized carbons (Fsp3) is 0.625. The van der Waals surface area contributed by atoms with Crippen LogP contribution in [0.15, 0.2) is 12.1 Å². The van der Waals surface area contributed by atoms with E-state index in [0.29, 0.717) is 0 Å². The van der Waals surface area contributed by atoms with E-state index in [1.807, 2.05) is 0 Å². The molecule has 3 nitrogen and oxygen atoms in total. The quantitative estimate of drug-likeness (QED) is 0.884. The number of methoxy groups -OCH3 is 1. The molecule has 1 unspecified atom stereocenters. The molecule has 0 spiro atoms. The molecule has 0 bridgehead atoms. The molecule has 3 rings (SSSR count). The van der Waals surface area contributed by atoms with Gasteiger partial charge < -0.3 is 14.8 Å². The van der Waals surface area contributed by atoms with Gasteiger partial charge in [-0.2, -0.15) is 0 Å². The Kier molecular flexibility index (Phi) is 3.65. The summed E-state index contributed by atoms with van der Waals surface area (Å²) in [5, 5.41) is 3.55. The predicted molar refractivity (Wildman–Crippen MR) is 75.8 cm³/mol. The van der Waals surface area contributed by atoms with Gasteiger partial charge in [-0.15, -0.1) is 0 Å². The van der Waals surface area contributed by atoms with Gasteiger partial charge in [0.05, 0.1) is 7.11 Å². The molecular formula is C16H23NO2. The summed E-state index contributed by atoms with van der Waals surface area (Å²) < 4.78 is 11.3. The van der Waals surface area contributed by atoms with Gasteiger partial charge in [-0.1, -0.05) is 6.42 Å². The molecule has 1 N–H and O–H groups in total. The van der Waals surface area contributed by atoms with Gasteiger partial charge >= 0.3 is 0 Å². The summed E-state index contributed by atoms with van der Waals surface area (Å²) in [6.07, 6.45) is 5.45. The normalized spacial score (nSPS) is 21.7. The maximum Gasteiger partial charge on any atom is 0.123 e. The maximum absolute atomic E-state index is 5.82. The van der Waals surface area contributed by atoms with Crippen LogP contribution in [0.3, 0.4) is 0 Å². The molecule has 1 aliphatic heterocycles. The predicted octanol–water partition coefficient (Wildman–Crippen LogP) is 2.91. The van der Waals surface area contributed by atoms with Crippen LogP contribution >= 0.6 is 0 Å². The van der Waals surface area contributed by atoms with Crippen LogP contribution in [0, 0.1) is 5.92 Å². The van der Waals surface area contributed by atoms with E-state index in [1.54, 1.807) is 7.11 Å². The van der Waals surface area contributed by atoms with Gasteiger partial charge in [0.25, 0.3) is 0 Å². The molecule has 1 atom stereocenters. The zero-order chi connectivity index (χ0) is 13.2. The van der Waals surface area contributed by atoms with E-state index in [2.05, 4.69) is 24.4 Å². The third-order valence-corrected chi connectivity index (χ3v) is 4.27. The lowest BCUT2D eigenvalue weighted by molar-refractivity contribution is 0.254. The number of hydrogen-bond acceptors (Lipinski definition) is 3. The highest BCUT2D eigenvalue weighted by Crippen LogP contribution is 2.35. The Balaban J connectivity index is 1.67. The highest BCUT2D eigenvalue weighted by atomic mass is 16.5. The monoisotopic (exact) mass is 261 g/mol. The fourth-order valence-electron chi connectivity index (χ4n) is 2.92. The van der Waals surface area contributed by atoms with Crippen molar-refractivity contribution >= 4 is 0 Å². The molecule has 0 aromatic heterocycles. The van der Waals surface area contributed by atoms with Crippen LogP contribution in [0.25, 0.3) is 0 Å². The number of rotatable bonds is 5. The van der Waals surface area contributed by atoms with Crippen molar-refractivity contribution in [2.75, 3.05) is 13.7 Å². The van der Waals surface area contributed by atoms with Crippen molar-refractivity contribution in [3.05, 3.63) is 23.3 Å². The Hall–Kier alpha value is -1.22. The average Bonchev–Trinajstić information content (AvgIpc) is 2.70. The van der Waals surface area contributed by atoms with Crippen molar-refractivity contribution in [2.24, 2.45) is 5.92 Å². The van der Waals surface area contributed by atoms with Crippen LogP contribution in [0.4, 0.5) is 0 Å². The lowest BCUT2D eigenvalue weighted by Crippen LogP contribution is -2.27. The highest BCUT2D eigenvalue weighted by Gasteiger charge is 2.22. The van der Waals surface area contributed by atoms with E-state index < -0.39 is 0 Å². The van der Waals surface area contributed by atoms with Crippen molar-refractivity contribution < 1.29 is 9.47 Å². The van der Waals surface area contributed by atoms with Gasteiger partial charge in [0.1, 0.15) is 17.6 Å². The van der Waals surface area contributed by atoms with Gasteiger partial charge in [0.15, 0.2) is 0 Å². The molecule has 0 radical (unpaired) electrons. The first-order valence-corrected chi connectivity index (χ1v) is 7.33. The van der Waals surface area contributed by atoms with Gasteiger partial charge in [0.2, 0.25) is 0 Å². The number of hydrogen-bond donors (Lipinski definition) is 1. The summed E-state index contributed by atoms with van der Waals surface area (Å²) in [7, 11) is 1.75. The van der Waals surface area contributed by atoms with E-state index in [0.717, 1.165) is 36.9 Å². The first-order chi connectivity index (χ1) is 9.26. The highest BCUT2D eigenvalue weighted by molar-refractivity contribution is 5.48. The minimum absolute atomic E-state index is 0.290. The van der Waals surface area contributed by atoms with Crippen LogP contribution in [0.5, 0.6) is 11.5 Å². The van der Waals surface area contributed by atoms with Gasteiger partial charge in [-0.25, -0.2) is 0 Å². The van der Waals surface area contributed by atoms with E-state index in [9.17, 15) is 0 Å². The molecular weight excluding hydrogens is 238 g/mol. The number of nitrogens with one attached hydrogen (secondary N) is 1. The zero-order valence-electron chi connectivity index (χ0n) is 11.9. The van der Waals surface area contributed by atoms with Crippen LogP contribution in [0.1, 0.15) is 37.3 Å². The molecule has 1 aromatic rings. The summed E-state index contributed by atoms with van der Waals surface area (Å²) in [6.45, 7) is 4.10. The minimum atomic E-state index is 0.290. The van der Waals surface area contributed by atoms with Crippen LogP contribution in [0.2, 0.25) is 0 Å². The first kappa shape index (κ1) is 12.8. The van der Waals surface area contributed by atoms with Gasteiger partial charge in [-0.05, 0) is 44.4 Å². The molecule has 1 heterocycles. The SMILES string of the molecule is COc1cc2c(cc1CNCC1CCC1)OC(C)C2. The standard InChI is InChI=1S/C16H23NO2/c1-11-6-13-7-15(18-2)14(8-16(13)19-11)10-17-9-12-4-3-5-12/h7-8,11-12,17H,3-6,9-10H2,1-2H3. The third-order valence-electron chi connectivity index (χ3n) is 4.27. The largest absolute Gasteiger partial charge is 0.496 e. The first-order valence-electron chi connectivity index (χ1n) is 7.33. The van der Waals surface area contributed by atoms with Crippen molar-refractivity contribution in [2.45, 2.75) is 45.3 Å². The number of ether oxygens (including phenoxy) is 2. The minimum Gasteiger partial charge on any atom is -0.496 e. The van der Waals surface area contributed by atoms with E-state index >= 15 is 0 Å². The van der Waals surface area contributed by atoms with Crippen LogP contribution in [-0.2, 0) is 13.0 Å². The molecule has 0 amide bonds. The average molecular weight is 261 g/mol. The summed E-state index contributed by atoms with van der Waals surface area (Å²) in [5.41, 5.74) is 2.47. The number of benzene rings is 1. The Morgan fingerprint density at radius 1 is 1.37 bits per heavy atom. The molecule has 2 aliphatic rings. The van der Waals surface area contributed by atoms with Crippen molar-refractivity contribution in [3.63, 3.8) is 0 Å². The lowest BCUT2D eigenvalue weighted by Gasteiger charge is -2.25. The van der Waals surface area contributed by atoms with E-state index in [4.69, 9.17) is 9.47 Å². The Morgan fingerprint density at radius 3 is 2.89 bits per heavy atom. The third kappa shape index (κ3) is 2.71. The van der Waals surface area contributed by atoms with Crippen molar-refractivity contribution in [3.8, 4) is 11.5 Å².